The van der Waals surface area contributed by atoms with E-state index in [2.05, 4.69) is 22.6 Å². The van der Waals surface area contributed by atoms with E-state index >= 15 is 0 Å². The van der Waals surface area contributed by atoms with E-state index in [0.29, 0.717) is 0 Å². The number of ether oxygens (including phenoxy) is 1. The number of aromatic nitrogens is 1. The minimum absolute atomic E-state index is 0.0721. The van der Waals surface area contributed by atoms with Gasteiger partial charge in [-0.05, 0) is 41.5 Å². The molecule has 0 N–H and O–H groups in total. The Balaban J connectivity index is 2.49. The Morgan fingerprint density at radius 1 is 1.43 bits per heavy atom. The van der Waals surface area contributed by atoms with E-state index in [1.807, 2.05) is 12.3 Å². The SMILES string of the molecule is COCCCCn1cc(I)ccc1=O. The predicted molar refractivity (Wildman–Crippen MR) is 64.5 cm³/mol. The number of hydrogen-bond acceptors (Lipinski definition) is 2. The zero-order chi connectivity index (χ0) is 10.4. The van der Waals surface area contributed by atoms with E-state index in [9.17, 15) is 4.79 Å². The minimum atomic E-state index is 0.0721. The van der Waals surface area contributed by atoms with Crippen LogP contribution in [-0.4, -0.2) is 18.3 Å². The van der Waals surface area contributed by atoms with Crippen LogP contribution in [0.5, 0.6) is 0 Å². The maximum atomic E-state index is 11.4. The summed E-state index contributed by atoms with van der Waals surface area (Å²) in [6, 6.07) is 3.44. The summed E-state index contributed by atoms with van der Waals surface area (Å²) in [4.78, 5) is 11.4. The van der Waals surface area contributed by atoms with Gasteiger partial charge in [-0.3, -0.25) is 4.79 Å². The molecule has 0 saturated heterocycles. The smallest absolute Gasteiger partial charge is 0.250 e. The topological polar surface area (TPSA) is 31.2 Å². The summed E-state index contributed by atoms with van der Waals surface area (Å²) >= 11 is 2.21. The van der Waals surface area contributed by atoms with Crippen molar-refractivity contribution in [2.24, 2.45) is 0 Å². The highest BCUT2D eigenvalue weighted by atomic mass is 127. The summed E-state index contributed by atoms with van der Waals surface area (Å²) in [5.41, 5.74) is 0.0721. The van der Waals surface area contributed by atoms with Crippen molar-refractivity contribution in [1.29, 1.82) is 0 Å². The van der Waals surface area contributed by atoms with Crippen molar-refractivity contribution in [2.75, 3.05) is 13.7 Å². The van der Waals surface area contributed by atoms with Crippen LogP contribution >= 0.6 is 22.6 Å². The van der Waals surface area contributed by atoms with Gasteiger partial charge in [-0.25, -0.2) is 0 Å². The second kappa shape index (κ2) is 6.19. The largest absolute Gasteiger partial charge is 0.385 e. The molecule has 0 radical (unpaired) electrons. The van der Waals surface area contributed by atoms with Gasteiger partial charge in [0.25, 0.3) is 5.56 Å². The second-order valence-corrected chi connectivity index (χ2v) is 4.32. The summed E-state index contributed by atoms with van der Waals surface area (Å²) in [7, 11) is 1.69. The minimum Gasteiger partial charge on any atom is -0.385 e. The van der Waals surface area contributed by atoms with Crippen molar-refractivity contribution < 1.29 is 4.74 Å². The fraction of sp³-hybridized carbons (Fsp3) is 0.500. The second-order valence-electron chi connectivity index (χ2n) is 3.08. The van der Waals surface area contributed by atoms with Crippen molar-refractivity contribution in [1.82, 2.24) is 4.57 Å². The van der Waals surface area contributed by atoms with Crippen LogP contribution in [0.15, 0.2) is 23.1 Å². The van der Waals surface area contributed by atoms with Gasteiger partial charge in [-0.15, -0.1) is 0 Å². The lowest BCUT2D eigenvalue weighted by atomic mass is 10.3. The van der Waals surface area contributed by atoms with Gasteiger partial charge in [-0.1, -0.05) is 0 Å². The van der Waals surface area contributed by atoms with Gasteiger partial charge in [0.1, 0.15) is 0 Å². The van der Waals surface area contributed by atoms with Crippen molar-refractivity contribution in [3.63, 3.8) is 0 Å². The summed E-state index contributed by atoms with van der Waals surface area (Å²) in [6.07, 6.45) is 3.86. The van der Waals surface area contributed by atoms with Crippen LogP contribution < -0.4 is 5.56 Å². The third kappa shape index (κ3) is 3.79. The molecule has 0 aliphatic carbocycles. The molecule has 1 rings (SSSR count). The van der Waals surface area contributed by atoms with Gasteiger partial charge in [0.2, 0.25) is 0 Å². The van der Waals surface area contributed by atoms with Crippen LogP contribution in [0, 0.1) is 3.57 Å². The average molecular weight is 307 g/mol. The number of nitrogens with zero attached hydrogens (tertiary/aromatic N) is 1. The van der Waals surface area contributed by atoms with Gasteiger partial charge in [0.05, 0.1) is 0 Å². The number of aryl methyl sites for hydroxylation is 1. The van der Waals surface area contributed by atoms with Gasteiger partial charge in [0.15, 0.2) is 0 Å². The van der Waals surface area contributed by atoms with Gasteiger partial charge in [0, 0.05) is 36.1 Å². The van der Waals surface area contributed by atoms with E-state index in [4.69, 9.17) is 4.74 Å². The van der Waals surface area contributed by atoms with Crippen molar-refractivity contribution in [3.8, 4) is 0 Å². The number of hydrogen-bond donors (Lipinski definition) is 0. The molecule has 0 unspecified atom stereocenters. The van der Waals surface area contributed by atoms with Crippen molar-refractivity contribution >= 4 is 22.6 Å². The molecule has 1 aromatic rings. The van der Waals surface area contributed by atoms with Crippen LogP contribution in [0.3, 0.4) is 0 Å². The normalized spacial score (nSPS) is 10.4. The predicted octanol–water partition coefficient (Wildman–Crippen LogP) is 1.88. The molecule has 1 aromatic heterocycles. The van der Waals surface area contributed by atoms with Crippen LogP contribution in [0.4, 0.5) is 0 Å². The molecule has 0 aromatic carbocycles. The van der Waals surface area contributed by atoms with Crippen LogP contribution in [0.25, 0.3) is 0 Å². The molecule has 0 amide bonds. The number of pyridine rings is 1. The summed E-state index contributed by atoms with van der Waals surface area (Å²) in [6.45, 7) is 1.54. The molecule has 0 aliphatic heterocycles. The zero-order valence-corrected chi connectivity index (χ0v) is 10.4. The highest BCUT2D eigenvalue weighted by Gasteiger charge is 1.96. The van der Waals surface area contributed by atoms with E-state index in [1.165, 1.54) is 0 Å². The fourth-order valence-corrected chi connectivity index (χ4v) is 1.72. The number of halogens is 1. The van der Waals surface area contributed by atoms with Crippen LogP contribution in [0.2, 0.25) is 0 Å². The number of unbranched alkanes of at least 4 members (excludes halogenated alkanes) is 1. The highest BCUT2D eigenvalue weighted by Crippen LogP contribution is 2.01. The van der Waals surface area contributed by atoms with E-state index in [0.717, 1.165) is 29.6 Å². The molecule has 4 heteroatoms. The summed E-state index contributed by atoms with van der Waals surface area (Å²) < 4.78 is 7.78. The number of methoxy groups -OCH3 is 1. The first-order valence-electron chi connectivity index (χ1n) is 4.59. The first-order valence-corrected chi connectivity index (χ1v) is 5.67. The maximum Gasteiger partial charge on any atom is 0.250 e. The van der Waals surface area contributed by atoms with E-state index < -0.39 is 0 Å². The molecule has 0 atom stereocenters. The lowest BCUT2D eigenvalue weighted by molar-refractivity contribution is 0.191. The summed E-state index contributed by atoms with van der Waals surface area (Å²) in [5, 5.41) is 0. The standard InChI is InChI=1S/C10H14INO2/c1-14-7-3-2-6-12-8-9(11)4-5-10(12)13/h4-5,8H,2-3,6-7H2,1H3. The molecule has 0 spiro atoms. The third-order valence-electron chi connectivity index (χ3n) is 1.94. The molecule has 0 fully saturated rings. The molecule has 0 saturated carbocycles. The van der Waals surface area contributed by atoms with Gasteiger partial charge >= 0.3 is 0 Å². The van der Waals surface area contributed by atoms with Crippen molar-refractivity contribution in [3.05, 3.63) is 32.3 Å². The molecule has 3 nitrogen and oxygen atoms in total. The monoisotopic (exact) mass is 307 g/mol. The Kier molecular flexibility index (Phi) is 5.17. The Morgan fingerprint density at radius 2 is 2.21 bits per heavy atom. The maximum absolute atomic E-state index is 11.4. The van der Waals surface area contributed by atoms with Crippen molar-refractivity contribution in [2.45, 2.75) is 19.4 Å². The fourth-order valence-electron chi connectivity index (χ4n) is 1.21. The molecule has 0 bridgehead atoms. The third-order valence-corrected chi connectivity index (χ3v) is 2.58. The number of rotatable bonds is 5. The highest BCUT2D eigenvalue weighted by molar-refractivity contribution is 14.1. The van der Waals surface area contributed by atoms with Crippen LogP contribution in [-0.2, 0) is 11.3 Å². The first-order chi connectivity index (χ1) is 6.74. The zero-order valence-electron chi connectivity index (χ0n) is 8.20. The lowest BCUT2D eigenvalue weighted by Gasteiger charge is -2.05. The van der Waals surface area contributed by atoms with Gasteiger partial charge < -0.3 is 9.30 Å². The molecule has 78 valence electrons. The lowest BCUT2D eigenvalue weighted by Crippen LogP contribution is -2.18. The van der Waals surface area contributed by atoms with Gasteiger partial charge in [-0.2, -0.15) is 0 Å². The molecule has 1 heterocycles. The summed E-state index contributed by atoms with van der Waals surface area (Å²) in [5.74, 6) is 0. The first kappa shape index (κ1) is 11.7. The molecule has 14 heavy (non-hydrogen) atoms. The Hall–Kier alpha value is -0.360. The average Bonchev–Trinajstić information content (AvgIpc) is 2.18. The van der Waals surface area contributed by atoms with E-state index in [-0.39, 0.29) is 5.56 Å². The quantitative estimate of drug-likeness (QED) is 0.614. The van der Waals surface area contributed by atoms with E-state index in [1.54, 1.807) is 17.7 Å². The Bertz CT molecular complexity index is 335. The Morgan fingerprint density at radius 3 is 2.93 bits per heavy atom. The molecule has 0 aliphatic rings. The Labute approximate surface area is 97.2 Å². The molecular formula is C10H14INO2. The van der Waals surface area contributed by atoms with Crippen LogP contribution in [0.1, 0.15) is 12.8 Å². The molecular weight excluding hydrogens is 293 g/mol.